The number of carbonyl (C=O) groups is 2. The Hall–Kier alpha value is -3.21. The minimum atomic E-state index is -1.18. The molecule has 0 aliphatic heterocycles. The first-order valence-corrected chi connectivity index (χ1v) is 7.06. The minimum absolute atomic E-state index is 0.191. The molecule has 24 heavy (non-hydrogen) atoms. The number of methoxy groups -OCH3 is 2. The Balaban J connectivity index is 2.55. The van der Waals surface area contributed by atoms with E-state index < -0.39 is 18.4 Å². The van der Waals surface area contributed by atoms with Gasteiger partial charge in [0.2, 0.25) is 0 Å². The molecule has 0 spiro atoms. The van der Waals surface area contributed by atoms with Crippen molar-refractivity contribution in [2.75, 3.05) is 27.3 Å². The second-order valence-electron chi connectivity index (χ2n) is 4.64. The van der Waals surface area contributed by atoms with Crippen LogP contribution in [0.15, 0.2) is 30.0 Å². The van der Waals surface area contributed by atoms with Gasteiger partial charge in [0.1, 0.15) is 18.2 Å². The van der Waals surface area contributed by atoms with Crippen molar-refractivity contribution in [2.45, 2.75) is 6.42 Å². The SMILES string of the molecule is COc1ccc(CCN/C=C(/C#N)C(=O)NCC(=O)O)cc1OC. The normalized spacial score (nSPS) is 10.5. The second-order valence-corrected chi connectivity index (χ2v) is 4.64. The van der Waals surface area contributed by atoms with Gasteiger partial charge in [-0.3, -0.25) is 9.59 Å². The number of hydrogen-bond donors (Lipinski definition) is 3. The van der Waals surface area contributed by atoms with Crippen molar-refractivity contribution in [3.8, 4) is 17.6 Å². The summed E-state index contributed by atoms with van der Waals surface area (Å²) in [7, 11) is 3.11. The maximum absolute atomic E-state index is 11.6. The van der Waals surface area contributed by atoms with E-state index in [1.165, 1.54) is 6.20 Å². The molecule has 0 radical (unpaired) electrons. The van der Waals surface area contributed by atoms with Gasteiger partial charge in [-0.25, -0.2) is 0 Å². The van der Waals surface area contributed by atoms with E-state index in [1.54, 1.807) is 26.4 Å². The predicted molar refractivity (Wildman–Crippen MR) is 85.6 cm³/mol. The van der Waals surface area contributed by atoms with Crippen LogP contribution in [-0.4, -0.2) is 44.3 Å². The van der Waals surface area contributed by atoms with Crippen LogP contribution in [-0.2, 0) is 16.0 Å². The molecule has 0 aliphatic rings. The number of hydrogen-bond acceptors (Lipinski definition) is 6. The minimum Gasteiger partial charge on any atom is -0.493 e. The van der Waals surface area contributed by atoms with E-state index in [0.717, 1.165) is 5.56 Å². The van der Waals surface area contributed by atoms with E-state index in [-0.39, 0.29) is 5.57 Å². The molecule has 1 rings (SSSR count). The number of nitriles is 1. The van der Waals surface area contributed by atoms with E-state index in [0.29, 0.717) is 24.5 Å². The summed E-state index contributed by atoms with van der Waals surface area (Å²) in [6.07, 6.45) is 1.89. The molecule has 3 N–H and O–H groups in total. The van der Waals surface area contributed by atoms with Crippen LogP contribution in [0.2, 0.25) is 0 Å². The Morgan fingerprint density at radius 1 is 1.29 bits per heavy atom. The largest absolute Gasteiger partial charge is 0.493 e. The molecule has 1 aromatic carbocycles. The molecule has 0 aromatic heterocycles. The third kappa shape index (κ3) is 5.88. The first-order valence-electron chi connectivity index (χ1n) is 7.06. The summed E-state index contributed by atoms with van der Waals surface area (Å²) < 4.78 is 10.4. The van der Waals surface area contributed by atoms with Crippen molar-refractivity contribution in [2.24, 2.45) is 0 Å². The Morgan fingerprint density at radius 3 is 2.58 bits per heavy atom. The van der Waals surface area contributed by atoms with Gasteiger partial charge in [0.15, 0.2) is 11.5 Å². The summed E-state index contributed by atoms with van der Waals surface area (Å²) in [6.45, 7) is -0.0592. The average molecular weight is 333 g/mol. The second kappa shape index (κ2) is 9.74. The molecule has 0 aliphatic carbocycles. The Bertz CT molecular complexity index is 664. The Morgan fingerprint density at radius 2 is 2.00 bits per heavy atom. The van der Waals surface area contributed by atoms with Crippen LogP contribution in [0.1, 0.15) is 5.56 Å². The summed E-state index contributed by atoms with van der Waals surface area (Å²) in [5, 5.41) is 22.4. The first kappa shape index (κ1) is 18.8. The number of carboxylic acid groups (broad SMARTS) is 1. The lowest BCUT2D eigenvalue weighted by Gasteiger charge is -2.09. The highest BCUT2D eigenvalue weighted by Crippen LogP contribution is 2.27. The zero-order chi connectivity index (χ0) is 17.9. The number of carbonyl (C=O) groups excluding carboxylic acids is 1. The van der Waals surface area contributed by atoms with Gasteiger partial charge in [-0.1, -0.05) is 6.07 Å². The number of benzene rings is 1. The van der Waals surface area contributed by atoms with E-state index in [1.807, 2.05) is 12.1 Å². The molecule has 0 fully saturated rings. The molecule has 8 heteroatoms. The van der Waals surface area contributed by atoms with Crippen LogP contribution in [0.3, 0.4) is 0 Å². The van der Waals surface area contributed by atoms with Crippen molar-refractivity contribution in [3.05, 3.63) is 35.5 Å². The van der Waals surface area contributed by atoms with Gasteiger partial charge >= 0.3 is 5.97 Å². The molecule has 128 valence electrons. The molecule has 1 aromatic rings. The third-order valence-electron chi connectivity index (χ3n) is 3.02. The quantitative estimate of drug-likeness (QED) is 0.341. The highest BCUT2D eigenvalue weighted by atomic mass is 16.5. The fourth-order valence-electron chi connectivity index (χ4n) is 1.83. The monoisotopic (exact) mass is 333 g/mol. The van der Waals surface area contributed by atoms with Gasteiger partial charge in [-0.15, -0.1) is 0 Å². The fraction of sp³-hybridized carbons (Fsp3) is 0.312. The zero-order valence-corrected chi connectivity index (χ0v) is 13.5. The fourth-order valence-corrected chi connectivity index (χ4v) is 1.83. The van der Waals surface area contributed by atoms with E-state index in [4.69, 9.17) is 19.8 Å². The molecule has 0 unspecified atom stereocenters. The number of ether oxygens (including phenoxy) is 2. The Kier molecular flexibility index (Phi) is 7.64. The van der Waals surface area contributed by atoms with Gasteiger partial charge in [0.05, 0.1) is 14.2 Å². The van der Waals surface area contributed by atoms with Crippen molar-refractivity contribution >= 4 is 11.9 Å². The number of rotatable bonds is 9. The van der Waals surface area contributed by atoms with Crippen molar-refractivity contribution < 1.29 is 24.2 Å². The summed E-state index contributed by atoms with van der Waals surface area (Å²) >= 11 is 0. The maximum atomic E-state index is 11.6. The van der Waals surface area contributed by atoms with Crippen LogP contribution >= 0.6 is 0 Å². The lowest BCUT2D eigenvalue weighted by molar-refractivity contribution is -0.137. The number of nitrogens with zero attached hydrogens (tertiary/aromatic N) is 1. The molecule has 0 saturated carbocycles. The van der Waals surface area contributed by atoms with Gasteiger partial charge in [-0.2, -0.15) is 5.26 Å². The van der Waals surface area contributed by atoms with Crippen LogP contribution in [0.4, 0.5) is 0 Å². The molecular formula is C16H19N3O5. The highest BCUT2D eigenvalue weighted by Gasteiger charge is 2.09. The summed E-state index contributed by atoms with van der Waals surface area (Å²) in [5.41, 5.74) is 0.797. The molecule has 0 atom stereocenters. The van der Waals surface area contributed by atoms with Crippen LogP contribution < -0.4 is 20.1 Å². The maximum Gasteiger partial charge on any atom is 0.322 e. The first-order chi connectivity index (χ1) is 11.5. The summed E-state index contributed by atoms with van der Waals surface area (Å²) in [4.78, 5) is 21.9. The van der Waals surface area contributed by atoms with E-state index in [2.05, 4.69) is 10.6 Å². The Labute approximate surface area is 139 Å². The smallest absolute Gasteiger partial charge is 0.322 e. The van der Waals surface area contributed by atoms with Gasteiger partial charge in [0, 0.05) is 12.7 Å². The lowest BCUT2D eigenvalue weighted by Crippen LogP contribution is -2.30. The van der Waals surface area contributed by atoms with Gasteiger partial charge in [0.25, 0.3) is 5.91 Å². The van der Waals surface area contributed by atoms with Crippen molar-refractivity contribution in [3.63, 3.8) is 0 Å². The topological polar surface area (TPSA) is 121 Å². The molecule has 0 saturated heterocycles. The lowest BCUT2D eigenvalue weighted by atomic mass is 10.1. The van der Waals surface area contributed by atoms with Crippen molar-refractivity contribution in [1.29, 1.82) is 5.26 Å². The van der Waals surface area contributed by atoms with Gasteiger partial charge in [-0.05, 0) is 24.1 Å². The molecule has 0 heterocycles. The number of aliphatic carboxylic acids is 1. The summed E-state index contributed by atoms with van der Waals surface area (Å²) in [6, 6.07) is 7.24. The highest BCUT2D eigenvalue weighted by molar-refractivity contribution is 5.98. The third-order valence-corrected chi connectivity index (χ3v) is 3.02. The van der Waals surface area contributed by atoms with E-state index in [9.17, 15) is 9.59 Å². The number of amides is 1. The molecule has 1 amide bonds. The number of carboxylic acids is 1. The van der Waals surface area contributed by atoms with E-state index >= 15 is 0 Å². The average Bonchev–Trinajstić information content (AvgIpc) is 2.59. The van der Waals surface area contributed by atoms with Crippen LogP contribution in [0.5, 0.6) is 11.5 Å². The standard InChI is InChI=1S/C16H19N3O5/c1-23-13-4-3-11(7-14(13)24-2)5-6-18-9-12(8-17)16(22)19-10-15(20)21/h3-4,7,9,18H,5-6,10H2,1-2H3,(H,19,22)(H,20,21)/b12-9-. The van der Waals surface area contributed by atoms with Crippen LogP contribution in [0, 0.1) is 11.3 Å². The molecule has 0 bridgehead atoms. The summed E-state index contributed by atoms with van der Waals surface area (Å²) in [5.74, 6) is -0.659. The van der Waals surface area contributed by atoms with Gasteiger partial charge < -0.3 is 25.2 Å². The van der Waals surface area contributed by atoms with Crippen LogP contribution in [0.25, 0.3) is 0 Å². The van der Waals surface area contributed by atoms with Crippen molar-refractivity contribution in [1.82, 2.24) is 10.6 Å². The molecular weight excluding hydrogens is 314 g/mol. The predicted octanol–water partition coefficient (Wildman–Crippen LogP) is 0.444. The zero-order valence-electron chi connectivity index (χ0n) is 13.5. The number of nitrogens with one attached hydrogen (secondary N) is 2. The molecule has 8 nitrogen and oxygen atoms in total.